The molecule has 1 aliphatic heterocycles. The first-order valence-corrected chi connectivity index (χ1v) is 13.7. The number of carbonyl (C=O) groups excluding carboxylic acids is 2. The van der Waals surface area contributed by atoms with E-state index in [2.05, 4.69) is 15.6 Å². The highest BCUT2D eigenvalue weighted by molar-refractivity contribution is 7.98. The van der Waals surface area contributed by atoms with E-state index in [0.29, 0.717) is 33.2 Å². The molecule has 1 aliphatic carbocycles. The van der Waals surface area contributed by atoms with E-state index in [4.69, 9.17) is 21.1 Å². The van der Waals surface area contributed by atoms with Gasteiger partial charge in [0, 0.05) is 59.6 Å². The largest absolute Gasteiger partial charge is 0.448 e. The molecule has 2 amide bonds. The highest BCUT2D eigenvalue weighted by Crippen LogP contribution is 2.51. The summed E-state index contributed by atoms with van der Waals surface area (Å²) in [5, 5.41) is 6.14. The number of thioether (sulfide) groups is 1. The first-order valence-electron chi connectivity index (χ1n) is 12.1. The summed E-state index contributed by atoms with van der Waals surface area (Å²) in [4.78, 5) is 40.6. The van der Waals surface area contributed by atoms with Crippen molar-refractivity contribution in [3.05, 3.63) is 49.9 Å². The van der Waals surface area contributed by atoms with E-state index in [1.54, 1.807) is 13.0 Å². The van der Waals surface area contributed by atoms with Crippen molar-refractivity contribution in [3.8, 4) is 11.5 Å². The monoisotopic (exact) mass is 533 g/mol. The predicted octanol–water partition coefficient (Wildman–Crippen LogP) is 4.48. The number of rotatable bonds is 6. The van der Waals surface area contributed by atoms with E-state index >= 15 is 0 Å². The van der Waals surface area contributed by atoms with Gasteiger partial charge in [0.2, 0.25) is 5.91 Å². The third kappa shape index (κ3) is 5.22. The van der Waals surface area contributed by atoms with Crippen LogP contribution in [0.25, 0.3) is 0 Å². The lowest BCUT2D eigenvalue weighted by Crippen LogP contribution is -2.47. The molecule has 1 atom stereocenters. The summed E-state index contributed by atoms with van der Waals surface area (Å²) in [6.07, 6.45) is 5.26. The molecule has 36 heavy (non-hydrogen) atoms. The Bertz CT molecular complexity index is 1260. The van der Waals surface area contributed by atoms with Gasteiger partial charge < -0.3 is 25.1 Å². The van der Waals surface area contributed by atoms with Crippen LogP contribution in [0.5, 0.6) is 11.5 Å². The zero-order valence-electron chi connectivity index (χ0n) is 21.2. The van der Waals surface area contributed by atoms with E-state index < -0.39 is 5.79 Å². The lowest BCUT2D eigenvalue weighted by molar-refractivity contribution is -0.125. The molecule has 2 aromatic rings. The lowest BCUT2D eigenvalue weighted by Gasteiger charge is -2.37. The summed E-state index contributed by atoms with van der Waals surface area (Å²) in [6.45, 7) is 7.15. The Kier molecular flexibility index (Phi) is 7.61. The Morgan fingerprint density at radius 3 is 2.47 bits per heavy atom. The minimum atomic E-state index is -0.907. The number of nitrogens with one attached hydrogen (secondary N) is 3. The van der Waals surface area contributed by atoms with Gasteiger partial charge in [-0.25, -0.2) is 0 Å². The number of ether oxygens (including phenoxy) is 2. The van der Waals surface area contributed by atoms with Crippen LogP contribution in [0.4, 0.5) is 0 Å². The zero-order chi connectivity index (χ0) is 26.2. The van der Waals surface area contributed by atoms with Crippen LogP contribution in [0.1, 0.15) is 66.7 Å². The quantitative estimate of drug-likeness (QED) is 0.472. The van der Waals surface area contributed by atoms with Crippen molar-refractivity contribution in [1.29, 1.82) is 0 Å². The number of fused-ring (bicyclic) bond motifs is 1. The number of H-pyrrole nitrogens is 1. The number of hydrogen-bond donors (Lipinski definition) is 3. The number of carbonyl (C=O) groups is 2. The maximum absolute atomic E-state index is 13.1. The smallest absolute Gasteiger partial charge is 0.254 e. The number of hydrogen-bond acceptors (Lipinski definition) is 6. The third-order valence-corrected chi connectivity index (χ3v) is 8.13. The van der Waals surface area contributed by atoms with Crippen molar-refractivity contribution in [1.82, 2.24) is 15.6 Å². The van der Waals surface area contributed by atoms with Crippen molar-refractivity contribution < 1.29 is 19.1 Å². The number of aromatic amines is 1. The normalized spacial score (nSPS) is 22.8. The number of aryl methyl sites for hydroxylation is 1. The minimum absolute atomic E-state index is 0.0182. The van der Waals surface area contributed by atoms with Gasteiger partial charge in [-0.3, -0.25) is 14.4 Å². The SMILES string of the molecule is CSc1cc(C)[nH]c(=O)c1CNC(=O)c1cc(Cl)c2c(c1C)OC(C)(C1CCC(NC(C)=O)CC1)O2. The van der Waals surface area contributed by atoms with Gasteiger partial charge in [-0.1, -0.05) is 11.6 Å². The fourth-order valence-electron chi connectivity index (χ4n) is 5.10. The molecule has 1 aromatic heterocycles. The van der Waals surface area contributed by atoms with Gasteiger partial charge in [-0.15, -0.1) is 11.8 Å². The molecule has 1 fully saturated rings. The van der Waals surface area contributed by atoms with Gasteiger partial charge in [0.05, 0.1) is 5.02 Å². The molecule has 0 bridgehead atoms. The van der Waals surface area contributed by atoms with E-state index in [-0.39, 0.29) is 35.9 Å². The standard InChI is InChI=1S/C26H32ClN3O5S/c1-13-10-21(36-5)19(25(33)29-13)12-28-24(32)18-11-20(27)23-22(14(18)2)34-26(4,35-23)16-6-8-17(9-7-16)30-15(3)31/h10-11,16-17H,6-9,12H2,1-5H3,(H,28,32)(H,29,33)(H,30,31). The molecule has 2 heterocycles. The van der Waals surface area contributed by atoms with E-state index in [1.807, 2.05) is 26.2 Å². The number of aromatic nitrogens is 1. The zero-order valence-corrected chi connectivity index (χ0v) is 22.7. The van der Waals surface area contributed by atoms with Crippen LogP contribution in [0.15, 0.2) is 21.8 Å². The second-order valence-corrected chi connectivity index (χ2v) is 10.9. The molecule has 10 heteroatoms. The van der Waals surface area contributed by atoms with E-state index in [1.165, 1.54) is 18.7 Å². The van der Waals surface area contributed by atoms with Gasteiger partial charge >= 0.3 is 0 Å². The summed E-state index contributed by atoms with van der Waals surface area (Å²) in [6, 6.07) is 3.64. The number of halogens is 1. The first-order chi connectivity index (χ1) is 17.0. The van der Waals surface area contributed by atoms with Crippen molar-refractivity contribution in [2.24, 2.45) is 5.92 Å². The van der Waals surface area contributed by atoms with Crippen molar-refractivity contribution >= 4 is 35.2 Å². The molecule has 1 aromatic carbocycles. The lowest BCUT2D eigenvalue weighted by atomic mass is 9.81. The second-order valence-electron chi connectivity index (χ2n) is 9.67. The Morgan fingerprint density at radius 1 is 1.17 bits per heavy atom. The molecule has 4 rings (SSSR count). The number of amides is 2. The molecule has 1 saturated carbocycles. The summed E-state index contributed by atoms with van der Waals surface area (Å²) in [5.41, 5.74) is 2.06. The predicted molar refractivity (Wildman–Crippen MR) is 140 cm³/mol. The number of benzene rings is 1. The highest BCUT2D eigenvalue weighted by atomic mass is 35.5. The van der Waals surface area contributed by atoms with Crippen LogP contribution in [-0.4, -0.2) is 34.9 Å². The van der Waals surface area contributed by atoms with E-state index in [9.17, 15) is 14.4 Å². The maximum atomic E-state index is 13.1. The molecular weight excluding hydrogens is 502 g/mol. The van der Waals surface area contributed by atoms with Crippen molar-refractivity contribution in [3.63, 3.8) is 0 Å². The molecule has 2 aliphatic rings. The summed E-state index contributed by atoms with van der Waals surface area (Å²) in [5.74, 6) is -0.252. The van der Waals surface area contributed by atoms with E-state index in [0.717, 1.165) is 36.3 Å². The molecule has 0 saturated heterocycles. The molecular formula is C26H32ClN3O5S. The maximum Gasteiger partial charge on any atom is 0.254 e. The third-order valence-electron chi connectivity index (χ3n) is 7.04. The highest BCUT2D eigenvalue weighted by Gasteiger charge is 2.47. The Morgan fingerprint density at radius 2 is 1.83 bits per heavy atom. The molecule has 194 valence electrons. The summed E-state index contributed by atoms with van der Waals surface area (Å²) >= 11 is 8.01. The molecule has 8 nitrogen and oxygen atoms in total. The Balaban J connectivity index is 1.50. The van der Waals surface area contributed by atoms with Crippen LogP contribution in [0.3, 0.4) is 0 Å². The molecule has 0 radical (unpaired) electrons. The van der Waals surface area contributed by atoms with Gasteiger partial charge in [0.1, 0.15) is 0 Å². The van der Waals surface area contributed by atoms with Gasteiger partial charge in [-0.2, -0.15) is 0 Å². The fourth-order valence-corrected chi connectivity index (χ4v) is 6.04. The van der Waals surface area contributed by atoms with Crippen molar-refractivity contribution in [2.75, 3.05) is 6.26 Å². The minimum Gasteiger partial charge on any atom is -0.448 e. The molecule has 1 unspecified atom stereocenters. The number of pyridine rings is 1. The molecule has 0 spiro atoms. The first kappa shape index (κ1) is 26.4. The van der Waals surface area contributed by atoms with Crippen LogP contribution in [0.2, 0.25) is 5.02 Å². The second kappa shape index (κ2) is 10.4. The average Bonchev–Trinajstić information content (AvgIpc) is 3.20. The van der Waals surface area contributed by atoms with Crippen LogP contribution in [0, 0.1) is 19.8 Å². The topological polar surface area (TPSA) is 110 Å². The van der Waals surface area contributed by atoms with Gasteiger partial charge in [0.15, 0.2) is 11.5 Å². The van der Waals surface area contributed by atoms with Crippen LogP contribution >= 0.6 is 23.4 Å². The van der Waals surface area contributed by atoms with Crippen LogP contribution < -0.4 is 25.7 Å². The molecule has 3 N–H and O–H groups in total. The summed E-state index contributed by atoms with van der Waals surface area (Å²) < 4.78 is 12.6. The Labute approximate surface area is 219 Å². The van der Waals surface area contributed by atoms with Crippen molar-refractivity contribution in [2.45, 2.75) is 76.6 Å². The summed E-state index contributed by atoms with van der Waals surface area (Å²) in [7, 11) is 0. The fraction of sp³-hybridized carbons (Fsp3) is 0.500. The van der Waals surface area contributed by atoms with Crippen LogP contribution in [-0.2, 0) is 11.3 Å². The average molecular weight is 534 g/mol. The van der Waals surface area contributed by atoms with Gasteiger partial charge in [0.25, 0.3) is 17.3 Å². The Hall–Kier alpha value is -2.65. The van der Waals surface area contributed by atoms with Gasteiger partial charge in [-0.05, 0) is 57.9 Å².